The van der Waals surface area contributed by atoms with Crippen LogP contribution in [0.2, 0.25) is 0 Å². The number of rotatable bonds is 3. The molecule has 0 spiro atoms. The highest BCUT2D eigenvalue weighted by Gasteiger charge is 2.13. The van der Waals surface area contributed by atoms with E-state index in [1.165, 1.54) is 12.1 Å². The predicted octanol–water partition coefficient (Wildman–Crippen LogP) is 1.93. The summed E-state index contributed by atoms with van der Waals surface area (Å²) >= 11 is 0. The number of nitrogens with zero attached hydrogens (tertiary/aromatic N) is 3. The number of aromatic carboxylic acids is 1. The SMILES string of the molecule is Cc1ccc(NC(C#N)=C(C#N)C#N)c(C(=O)O)c1. The van der Waals surface area contributed by atoms with Gasteiger partial charge in [0.1, 0.15) is 23.9 Å². The van der Waals surface area contributed by atoms with Gasteiger partial charge in [-0.1, -0.05) is 11.6 Å². The second kappa shape index (κ2) is 5.86. The Kier molecular flexibility index (Phi) is 4.24. The molecule has 0 aliphatic carbocycles. The molecule has 0 saturated carbocycles. The number of hydrogen-bond acceptors (Lipinski definition) is 5. The van der Waals surface area contributed by atoms with E-state index in [4.69, 9.17) is 20.9 Å². The Balaban J connectivity index is 3.32. The molecule has 0 unspecified atom stereocenters. The highest BCUT2D eigenvalue weighted by molar-refractivity contribution is 5.95. The number of carboxylic acid groups (broad SMARTS) is 1. The first-order valence-electron chi connectivity index (χ1n) is 5.09. The van der Waals surface area contributed by atoms with Crippen molar-refractivity contribution >= 4 is 11.7 Å². The minimum Gasteiger partial charge on any atom is -0.478 e. The van der Waals surface area contributed by atoms with Gasteiger partial charge in [0.05, 0.1) is 11.3 Å². The molecule has 1 aromatic rings. The highest BCUT2D eigenvalue weighted by atomic mass is 16.4. The summed E-state index contributed by atoms with van der Waals surface area (Å²) in [5.74, 6) is -1.17. The molecule has 0 radical (unpaired) electrons. The first-order valence-corrected chi connectivity index (χ1v) is 5.09. The van der Waals surface area contributed by atoms with Crippen molar-refractivity contribution in [3.8, 4) is 18.2 Å². The third kappa shape index (κ3) is 3.09. The van der Waals surface area contributed by atoms with Gasteiger partial charge in [0.2, 0.25) is 0 Å². The van der Waals surface area contributed by atoms with Crippen molar-refractivity contribution in [3.05, 3.63) is 40.6 Å². The largest absolute Gasteiger partial charge is 0.478 e. The molecule has 0 aliphatic rings. The summed E-state index contributed by atoms with van der Waals surface area (Å²) in [6.45, 7) is 1.73. The lowest BCUT2D eigenvalue weighted by molar-refractivity contribution is 0.0698. The van der Waals surface area contributed by atoms with Crippen LogP contribution < -0.4 is 5.32 Å². The molecule has 0 atom stereocenters. The lowest BCUT2D eigenvalue weighted by Gasteiger charge is -2.09. The molecule has 0 fully saturated rings. The van der Waals surface area contributed by atoms with E-state index in [9.17, 15) is 4.79 Å². The summed E-state index contributed by atoms with van der Waals surface area (Å²) in [5, 5.41) is 37.8. The predicted molar refractivity (Wildman–Crippen MR) is 65.6 cm³/mol. The molecule has 92 valence electrons. The third-order valence-corrected chi connectivity index (χ3v) is 2.25. The molecule has 6 heteroatoms. The molecule has 1 aromatic carbocycles. The number of benzene rings is 1. The number of carbonyl (C=O) groups is 1. The van der Waals surface area contributed by atoms with Crippen LogP contribution in [0, 0.1) is 40.9 Å². The minimum absolute atomic E-state index is 0.0389. The van der Waals surface area contributed by atoms with Gasteiger partial charge in [0.25, 0.3) is 0 Å². The van der Waals surface area contributed by atoms with E-state index in [1.54, 1.807) is 31.2 Å². The van der Waals surface area contributed by atoms with Crippen molar-refractivity contribution in [2.45, 2.75) is 6.92 Å². The molecule has 0 aliphatic heterocycles. The molecule has 6 nitrogen and oxygen atoms in total. The average molecular weight is 252 g/mol. The fraction of sp³-hybridized carbons (Fsp3) is 0.0769. The molecule has 19 heavy (non-hydrogen) atoms. The topological polar surface area (TPSA) is 121 Å². The van der Waals surface area contributed by atoms with Gasteiger partial charge in [-0.3, -0.25) is 0 Å². The minimum atomic E-state index is -1.17. The maximum Gasteiger partial charge on any atom is 0.337 e. The van der Waals surface area contributed by atoms with Crippen LogP contribution in [-0.4, -0.2) is 11.1 Å². The van der Waals surface area contributed by atoms with Gasteiger partial charge < -0.3 is 10.4 Å². The van der Waals surface area contributed by atoms with Gasteiger partial charge in [-0.2, -0.15) is 15.8 Å². The van der Waals surface area contributed by atoms with Crippen LogP contribution in [0.4, 0.5) is 5.69 Å². The van der Waals surface area contributed by atoms with E-state index in [0.29, 0.717) is 0 Å². The van der Waals surface area contributed by atoms with E-state index in [2.05, 4.69) is 5.32 Å². The quantitative estimate of drug-likeness (QED) is 0.793. The van der Waals surface area contributed by atoms with Crippen molar-refractivity contribution in [1.82, 2.24) is 0 Å². The van der Waals surface area contributed by atoms with Crippen LogP contribution in [0.25, 0.3) is 0 Å². The molecule has 0 amide bonds. The zero-order valence-electron chi connectivity index (χ0n) is 9.93. The van der Waals surface area contributed by atoms with Gasteiger partial charge in [-0.05, 0) is 19.1 Å². The number of aryl methyl sites for hydroxylation is 1. The zero-order chi connectivity index (χ0) is 14.4. The number of carboxylic acids is 1. The smallest absolute Gasteiger partial charge is 0.337 e. The van der Waals surface area contributed by atoms with Gasteiger partial charge in [0, 0.05) is 0 Å². The fourth-order valence-corrected chi connectivity index (χ4v) is 1.36. The van der Waals surface area contributed by atoms with E-state index in [-0.39, 0.29) is 16.9 Å². The van der Waals surface area contributed by atoms with Crippen LogP contribution in [0.1, 0.15) is 15.9 Å². The Hall–Kier alpha value is -3.30. The van der Waals surface area contributed by atoms with E-state index < -0.39 is 11.5 Å². The zero-order valence-corrected chi connectivity index (χ0v) is 9.93. The molecule has 0 heterocycles. The van der Waals surface area contributed by atoms with Crippen LogP contribution in [0.15, 0.2) is 29.5 Å². The molecular formula is C13H8N4O2. The molecule has 0 aromatic heterocycles. The van der Waals surface area contributed by atoms with Gasteiger partial charge >= 0.3 is 5.97 Å². The molecule has 1 rings (SSSR count). The molecular weight excluding hydrogens is 244 g/mol. The summed E-state index contributed by atoms with van der Waals surface area (Å²) in [6.07, 6.45) is 0. The Labute approximate surface area is 109 Å². The maximum atomic E-state index is 11.1. The molecule has 0 saturated heterocycles. The van der Waals surface area contributed by atoms with E-state index in [1.807, 2.05) is 0 Å². The maximum absolute atomic E-state index is 11.1. The molecule has 0 bridgehead atoms. The Bertz CT molecular complexity index is 668. The van der Waals surface area contributed by atoms with Crippen molar-refractivity contribution in [2.24, 2.45) is 0 Å². The number of hydrogen-bond donors (Lipinski definition) is 2. The first kappa shape index (κ1) is 13.8. The van der Waals surface area contributed by atoms with Gasteiger partial charge in [-0.15, -0.1) is 0 Å². The number of nitriles is 3. The number of anilines is 1. The summed E-state index contributed by atoms with van der Waals surface area (Å²) in [4.78, 5) is 11.1. The normalized spacial score (nSPS) is 8.53. The highest BCUT2D eigenvalue weighted by Crippen LogP contribution is 2.20. The van der Waals surface area contributed by atoms with Crippen molar-refractivity contribution in [3.63, 3.8) is 0 Å². The summed E-state index contributed by atoms with van der Waals surface area (Å²) < 4.78 is 0. The second-order valence-electron chi connectivity index (χ2n) is 3.56. The second-order valence-corrected chi connectivity index (χ2v) is 3.56. The van der Waals surface area contributed by atoms with Crippen molar-refractivity contribution < 1.29 is 9.90 Å². The van der Waals surface area contributed by atoms with Gasteiger partial charge in [0.15, 0.2) is 5.57 Å². The first-order chi connectivity index (χ1) is 9.03. The van der Waals surface area contributed by atoms with Crippen LogP contribution in [0.3, 0.4) is 0 Å². The van der Waals surface area contributed by atoms with E-state index >= 15 is 0 Å². The molecule has 2 N–H and O–H groups in total. The Morgan fingerprint density at radius 3 is 2.32 bits per heavy atom. The van der Waals surface area contributed by atoms with Crippen molar-refractivity contribution in [1.29, 1.82) is 15.8 Å². The average Bonchev–Trinajstić information content (AvgIpc) is 2.40. The standard InChI is InChI=1S/C13H8N4O2/c1-8-2-3-11(10(4-8)13(18)19)17-12(7-16)9(5-14)6-15/h2-4,17H,1H3,(H,18,19). The van der Waals surface area contributed by atoms with Crippen LogP contribution in [0.5, 0.6) is 0 Å². The Morgan fingerprint density at radius 2 is 1.84 bits per heavy atom. The van der Waals surface area contributed by atoms with Crippen LogP contribution >= 0.6 is 0 Å². The number of allylic oxidation sites excluding steroid dienone is 2. The summed E-state index contributed by atoms with van der Waals surface area (Å²) in [5.41, 5.74) is 0.169. The fourth-order valence-electron chi connectivity index (χ4n) is 1.36. The summed E-state index contributed by atoms with van der Waals surface area (Å²) in [6, 6.07) is 9.36. The monoisotopic (exact) mass is 252 g/mol. The third-order valence-electron chi connectivity index (χ3n) is 2.25. The summed E-state index contributed by atoms with van der Waals surface area (Å²) in [7, 11) is 0. The number of nitrogens with one attached hydrogen (secondary N) is 1. The lowest BCUT2D eigenvalue weighted by atomic mass is 10.1. The Morgan fingerprint density at radius 1 is 1.21 bits per heavy atom. The van der Waals surface area contributed by atoms with E-state index in [0.717, 1.165) is 5.56 Å². The van der Waals surface area contributed by atoms with Crippen LogP contribution in [-0.2, 0) is 0 Å². The lowest BCUT2D eigenvalue weighted by Crippen LogP contribution is -2.07. The van der Waals surface area contributed by atoms with Gasteiger partial charge in [-0.25, -0.2) is 4.79 Å². The van der Waals surface area contributed by atoms with Crippen molar-refractivity contribution in [2.75, 3.05) is 5.32 Å².